The van der Waals surface area contributed by atoms with Crippen molar-refractivity contribution in [2.24, 2.45) is 0 Å². The third-order valence-electron chi connectivity index (χ3n) is 6.25. The Morgan fingerprint density at radius 2 is 1.79 bits per heavy atom. The average molecular weight is 551 g/mol. The number of sulfonamides is 1. The van der Waals surface area contributed by atoms with E-state index in [1.54, 1.807) is 19.1 Å². The number of halogens is 3. The number of amides is 1. The molecule has 204 valence electrons. The van der Waals surface area contributed by atoms with Crippen LogP contribution in [0.5, 0.6) is 0 Å². The zero-order valence-corrected chi connectivity index (χ0v) is 21.7. The molecule has 2 heterocycles. The summed E-state index contributed by atoms with van der Waals surface area (Å²) in [5.74, 6) is 0.675. The number of carbonyl (C=O) groups excluding carboxylic acids is 1. The first kappa shape index (κ1) is 27.9. The van der Waals surface area contributed by atoms with E-state index in [2.05, 4.69) is 0 Å². The quantitative estimate of drug-likeness (QED) is 0.355. The number of alkyl halides is 3. The van der Waals surface area contributed by atoms with Crippen molar-refractivity contribution in [2.45, 2.75) is 50.0 Å². The minimum Gasteiger partial charge on any atom is -0.464 e. The average Bonchev–Trinajstić information content (AvgIpc) is 3.55. The number of nitrogens with zero attached hydrogens (tertiary/aromatic N) is 2. The van der Waals surface area contributed by atoms with Gasteiger partial charge in [-0.25, -0.2) is 8.42 Å². The van der Waals surface area contributed by atoms with Crippen molar-refractivity contribution in [3.63, 3.8) is 0 Å². The van der Waals surface area contributed by atoms with E-state index in [0.29, 0.717) is 30.6 Å². The lowest BCUT2D eigenvalue weighted by atomic mass is 10.2. The van der Waals surface area contributed by atoms with Gasteiger partial charge in [0, 0.05) is 19.7 Å². The van der Waals surface area contributed by atoms with Gasteiger partial charge >= 0.3 is 6.18 Å². The van der Waals surface area contributed by atoms with Gasteiger partial charge in [0.1, 0.15) is 11.5 Å². The zero-order chi connectivity index (χ0) is 27.3. The normalized spacial score (nSPS) is 16.2. The van der Waals surface area contributed by atoms with Gasteiger partial charge in [0.25, 0.3) is 0 Å². The Morgan fingerprint density at radius 3 is 2.42 bits per heavy atom. The van der Waals surface area contributed by atoms with Gasteiger partial charge in [-0.05, 0) is 55.7 Å². The number of hydrogen-bond donors (Lipinski definition) is 0. The van der Waals surface area contributed by atoms with E-state index in [4.69, 9.17) is 9.15 Å². The zero-order valence-electron chi connectivity index (χ0n) is 20.9. The predicted octanol–water partition coefficient (Wildman–Crippen LogP) is 5.01. The van der Waals surface area contributed by atoms with Gasteiger partial charge in [-0.1, -0.05) is 36.4 Å². The molecule has 0 bridgehead atoms. The monoisotopic (exact) mass is 550 g/mol. The number of rotatable bonds is 10. The molecular weight excluding hydrogens is 521 g/mol. The molecule has 11 heteroatoms. The van der Waals surface area contributed by atoms with E-state index in [1.807, 2.05) is 30.3 Å². The molecule has 1 amide bonds. The van der Waals surface area contributed by atoms with Crippen LogP contribution in [0.15, 0.2) is 76.0 Å². The highest BCUT2D eigenvalue weighted by Gasteiger charge is 2.35. The van der Waals surface area contributed by atoms with Gasteiger partial charge in [0.15, 0.2) is 0 Å². The molecule has 3 aromatic rings. The summed E-state index contributed by atoms with van der Waals surface area (Å²) in [4.78, 5) is 14.5. The molecule has 1 atom stereocenters. The molecule has 1 aromatic heterocycles. The lowest BCUT2D eigenvalue weighted by Crippen LogP contribution is -2.45. The second-order valence-electron chi connectivity index (χ2n) is 9.21. The van der Waals surface area contributed by atoms with Crippen LogP contribution in [0.3, 0.4) is 0 Å². The molecular formula is C27H29F3N2O5S. The van der Waals surface area contributed by atoms with E-state index in [0.717, 1.165) is 34.5 Å². The molecule has 4 rings (SSSR count). The largest absolute Gasteiger partial charge is 0.464 e. The van der Waals surface area contributed by atoms with E-state index in [9.17, 15) is 26.4 Å². The summed E-state index contributed by atoms with van der Waals surface area (Å²) < 4.78 is 79.3. The summed E-state index contributed by atoms with van der Waals surface area (Å²) in [7, 11) is -4.46. The minimum absolute atomic E-state index is 0.0962. The van der Waals surface area contributed by atoms with Crippen molar-refractivity contribution in [1.29, 1.82) is 0 Å². The van der Waals surface area contributed by atoms with Crippen molar-refractivity contribution in [3.05, 3.63) is 89.4 Å². The first-order valence-electron chi connectivity index (χ1n) is 12.2. The molecule has 38 heavy (non-hydrogen) atoms. The van der Waals surface area contributed by atoms with Crippen molar-refractivity contribution in [3.8, 4) is 0 Å². The fraction of sp³-hybridized carbons (Fsp3) is 0.370. The maximum atomic E-state index is 13.6. The molecule has 0 saturated carbocycles. The molecule has 2 aromatic carbocycles. The SMILES string of the molecule is Cc1ccc(CN(Cc2ccccc2)C(=O)CN(CC2CCCO2)S(=O)(=O)c2cccc(C(F)(F)F)c2)o1. The third-order valence-corrected chi connectivity index (χ3v) is 8.06. The van der Waals surface area contributed by atoms with Crippen LogP contribution in [0.25, 0.3) is 0 Å². The van der Waals surface area contributed by atoms with Gasteiger partial charge in [0.2, 0.25) is 15.9 Å². The van der Waals surface area contributed by atoms with Crippen LogP contribution in [-0.2, 0) is 38.8 Å². The Bertz CT molecular complexity index is 1340. The maximum Gasteiger partial charge on any atom is 0.416 e. The van der Waals surface area contributed by atoms with E-state index in [1.165, 1.54) is 4.90 Å². The van der Waals surface area contributed by atoms with Gasteiger partial charge < -0.3 is 14.1 Å². The van der Waals surface area contributed by atoms with Crippen molar-refractivity contribution >= 4 is 15.9 Å². The van der Waals surface area contributed by atoms with Gasteiger partial charge in [0.05, 0.1) is 29.7 Å². The second kappa shape index (κ2) is 11.7. The molecule has 1 saturated heterocycles. The molecule has 7 nitrogen and oxygen atoms in total. The Balaban J connectivity index is 1.63. The van der Waals surface area contributed by atoms with Crippen LogP contribution < -0.4 is 0 Å². The number of hydrogen-bond acceptors (Lipinski definition) is 5. The fourth-order valence-corrected chi connectivity index (χ4v) is 5.76. The van der Waals surface area contributed by atoms with Crippen LogP contribution in [0.1, 0.15) is 35.5 Å². The molecule has 1 unspecified atom stereocenters. The summed E-state index contributed by atoms with van der Waals surface area (Å²) in [5.41, 5.74) is -0.253. The maximum absolute atomic E-state index is 13.6. The summed E-state index contributed by atoms with van der Waals surface area (Å²) in [5, 5.41) is 0. The molecule has 1 fully saturated rings. The lowest BCUT2D eigenvalue weighted by molar-refractivity contribution is -0.137. The number of carbonyl (C=O) groups is 1. The first-order valence-corrected chi connectivity index (χ1v) is 13.6. The molecule has 1 aliphatic rings. The first-order chi connectivity index (χ1) is 18.0. The van der Waals surface area contributed by atoms with Crippen LogP contribution in [0.4, 0.5) is 13.2 Å². The second-order valence-corrected chi connectivity index (χ2v) is 11.1. The standard InChI is InChI=1S/C27H29F3N2O5S/c1-20-12-13-24(37-20)17-31(16-21-7-3-2-4-8-21)26(33)19-32(18-23-10-6-14-36-23)38(34,35)25-11-5-9-22(15-25)27(28,29)30/h2-5,7-9,11-13,15,23H,6,10,14,16-19H2,1H3. The van der Waals surface area contributed by atoms with Crippen molar-refractivity contribution in [1.82, 2.24) is 9.21 Å². The van der Waals surface area contributed by atoms with Crippen LogP contribution in [0, 0.1) is 6.92 Å². The highest BCUT2D eigenvalue weighted by atomic mass is 32.2. The number of aryl methyl sites for hydroxylation is 1. The summed E-state index contributed by atoms with van der Waals surface area (Å²) >= 11 is 0. The summed E-state index contributed by atoms with van der Waals surface area (Å²) in [6.07, 6.45) is -3.86. The fourth-order valence-electron chi connectivity index (χ4n) is 4.29. The molecule has 0 N–H and O–H groups in total. The number of ether oxygens (including phenoxy) is 1. The van der Waals surface area contributed by atoms with Crippen molar-refractivity contribution in [2.75, 3.05) is 19.7 Å². The topological polar surface area (TPSA) is 80.1 Å². The van der Waals surface area contributed by atoms with Gasteiger partial charge in [-0.2, -0.15) is 17.5 Å². The molecule has 0 spiro atoms. The highest BCUT2D eigenvalue weighted by Crippen LogP contribution is 2.31. The smallest absolute Gasteiger partial charge is 0.416 e. The minimum atomic E-state index is -4.71. The summed E-state index contributed by atoms with van der Waals surface area (Å²) in [6.45, 7) is 1.80. The van der Waals surface area contributed by atoms with E-state index in [-0.39, 0.29) is 19.6 Å². The Kier molecular flexibility index (Phi) is 8.59. The van der Waals surface area contributed by atoms with Crippen molar-refractivity contribution < 1.29 is 35.5 Å². The number of furan rings is 1. The molecule has 0 aliphatic carbocycles. The van der Waals surface area contributed by atoms with Crippen LogP contribution >= 0.6 is 0 Å². The van der Waals surface area contributed by atoms with Crippen LogP contribution in [0.2, 0.25) is 0 Å². The van der Waals surface area contributed by atoms with E-state index < -0.39 is 45.2 Å². The lowest BCUT2D eigenvalue weighted by Gasteiger charge is -2.28. The highest BCUT2D eigenvalue weighted by molar-refractivity contribution is 7.89. The molecule has 1 aliphatic heterocycles. The third kappa shape index (κ3) is 7.03. The van der Waals surface area contributed by atoms with Gasteiger partial charge in [-0.3, -0.25) is 4.79 Å². The predicted molar refractivity (Wildman–Crippen MR) is 133 cm³/mol. The Morgan fingerprint density at radius 1 is 1.03 bits per heavy atom. The number of benzene rings is 2. The van der Waals surface area contributed by atoms with Crippen LogP contribution in [-0.4, -0.2) is 49.3 Å². The molecule has 0 radical (unpaired) electrons. The van der Waals surface area contributed by atoms with E-state index >= 15 is 0 Å². The van der Waals surface area contributed by atoms with Gasteiger partial charge in [-0.15, -0.1) is 0 Å². The Hall–Kier alpha value is -3.15. The summed E-state index contributed by atoms with van der Waals surface area (Å²) in [6, 6.07) is 16.2. The Labute approximate surface area is 219 Å².